The third-order valence-corrected chi connectivity index (χ3v) is 4.29. The number of aromatic nitrogens is 2. The van der Waals surface area contributed by atoms with Crippen molar-refractivity contribution in [1.29, 1.82) is 0 Å². The van der Waals surface area contributed by atoms with Crippen molar-refractivity contribution >= 4 is 11.6 Å². The molecule has 2 aromatic heterocycles. The van der Waals surface area contributed by atoms with Crippen LogP contribution in [-0.2, 0) is 6.42 Å². The molecular formula is C16H21N3O2. The molecule has 1 fully saturated rings. The summed E-state index contributed by atoms with van der Waals surface area (Å²) in [4.78, 5) is 18.1. The maximum atomic E-state index is 11.0. The molecular weight excluding hydrogens is 266 g/mol. The third-order valence-electron chi connectivity index (χ3n) is 4.29. The molecule has 0 aliphatic carbocycles. The van der Waals surface area contributed by atoms with Gasteiger partial charge in [-0.1, -0.05) is 0 Å². The van der Waals surface area contributed by atoms with E-state index in [1.54, 1.807) is 18.3 Å². The number of fused-ring (bicyclic) bond motifs is 1. The average molecular weight is 287 g/mol. The molecule has 1 atom stereocenters. The van der Waals surface area contributed by atoms with Crippen molar-refractivity contribution < 1.29 is 9.90 Å². The van der Waals surface area contributed by atoms with Gasteiger partial charge >= 0.3 is 5.97 Å². The zero-order valence-corrected chi connectivity index (χ0v) is 12.5. The van der Waals surface area contributed by atoms with E-state index in [4.69, 9.17) is 5.11 Å². The van der Waals surface area contributed by atoms with E-state index in [2.05, 4.69) is 23.7 Å². The van der Waals surface area contributed by atoms with E-state index in [0.717, 1.165) is 24.3 Å². The van der Waals surface area contributed by atoms with Crippen LogP contribution in [0.3, 0.4) is 0 Å². The molecule has 0 spiro atoms. The Hall–Kier alpha value is -1.88. The molecule has 1 aliphatic heterocycles. The zero-order chi connectivity index (χ0) is 15.0. The molecule has 0 amide bonds. The predicted octanol–water partition coefficient (Wildman–Crippen LogP) is 2.31. The van der Waals surface area contributed by atoms with Crippen LogP contribution in [0.2, 0.25) is 0 Å². The number of carboxylic acids is 1. The first-order valence-corrected chi connectivity index (χ1v) is 7.48. The van der Waals surface area contributed by atoms with Crippen LogP contribution in [0.15, 0.2) is 24.5 Å². The highest BCUT2D eigenvalue weighted by atomic mass is 16.4. The molecule has 3 heterocycles. The number of carbonyl (C=O) groups is 1. The second-order valence-corrected chi connectivity index (χ2v) is 6.17. The number of imidazole rings is 1. The maximum absolute atomic E-state index is 11.0. The van der Waals surface area contributed by atoms with Crippen molar-refractivity contribution in [1.82, 2.24) is 14.3 Å². The SMILES string of the molecule is CC(C)N1CCC(Cc2cn3cc(C(=O)O)ccc3n2)C1. The third kappa shape index (κ3) is 2.93. The maximum Gasteiger partial charge on any atom is 0.337 e. The molecule has 0 saturated carbocycles. The molecule has 0 aromatic carbocycles. The van der Waals surface area contributed by atoms with Crippen molar-refractivity contribution in [2.24, 2.45) is 5.92 Å². The predicted molar refractivity (Wildman–Crippen MR) is 80.7 cm³/mol. The largest absolute Gasteiger partial charge is 0.478 e. The van der Waals surface area contributed by atoms with Gasteiger partial charge in [0.1, 0.15) is 5.65 Å². The van der Waals surface area contributed by atoms with Crippen molar-refractivity contribution in [2.45, 2.75) is 32.7 Å². The highest BCUT2D eigenvalue weighted by Gasteiger charge is 2.24. The Balaban J connectivity index is 1.75. The molecule has 112 valence electrons. The van der Waals surface area contributed by atoms with Crippen LogP contribution in [0.25, 0.3) is 5.65 Å². The van der Waals surface area contributed by atoms with E-state index in [1.165, 1.54) is 13.0 Å². The summed E-state index contributed by atoms with van der Waals surface area (Å²) in [5.41, 5.74) is 2.15. The topological polar surface area (TPSA) is 57.8 Å². The lowest BCUT2D eigenvalue weighted by Gasteiger charge is -2.19. The summed E-state index contributed by atoms with van der Waals surface area (Å²) in [6, 6.07) is 3.97. The summed E-state index contributed by atoms with van der Waals surface area (Å²) >= 11 is 0. The molecule has 0 bridgehead atoms. The van der Waals surface area contributed by atoms with Crippen LogP contribution < -0.4 is 0 Å². The molecule has 21 heavy (non-hydrogen) atoms. The van der Waals surface area contributed by atoms with Gasteiger partial charge in [0.05, 0.1) is 11.3 Å². The quantitative estimate of drug-likeness (QED) is 0.937. The first kappa shape index (κ1) is 14.1. The lowest BCUT2D eigenvalue weighted by molar-refractivity contribution is 0.0696. The van der Waals surface area contributed by atoms with Crippen molar-refractivity contribution in [3.63, 3.8) is 0 Å². The lowest BCUT2D eigenvalue weighted by atomic mass is 10.0. The zero-order valence-electron chi connectivity index (χ0n) is 12.5. The Kier molecular flexibility index (Phi) is 3.68. The van der Waals surface area contributed by atoms with Gasteiger partial charge in [-0.15, -0.1) is 0 Å². The summed E-state index contributed by atoms with van der Waals surface area (Å²) in [5, 5.41) is 9.02. The normalized spacial score (nSPS) is 19.7. The minimum Gasteiger partial charge on any atom is -0.478 e. The fourth-order valence-electron chi connectivity index (χ4n) is 3.06. The van der Waals surface area contributed by atoms with Crippen LogP contribution >= 0.6 is 0 Å². The number of nitrogens with zero attached hydrogens (tertiary/aromatic N) is 3. The summed E-state index contributed by atoms with van der Waals surface area (Å²) < 4.78 is 1.81. The molecule has 1 unspecified atom stereocenters. The molecule has 3 rings (SSSR count). The number of likely N-dealkylation sites (tertiary alicyclic amines) is 1. The summed E-state index contributed by atoms with van der Waals surface area (Å²) in [5.74, 6) is -0.258. The highest BCUT2D eigenvalue weighted by molar-refractivity contribution is 5.87. The number of hydrogen-bond donors (Lipinski definition) is 1. The van der Waals surface area contributed by atoms with Crippen LogP contribution in [0, 0.1) is 5.92 Å². The lowest BCUT2D eigenvalue weighted by Crippen LogP contribution is -2.28. The number of aromatic carboxylic acids is 1. The van der Waals surface area contributed by atoms with E-state index in [0.29, 0.717) is 17.5 Å². The van der Waals surface area contributed by atoms with Crippen LogP contribution in [0.1, 0.15) is 36.3 Å². The minimum absolute atomic E-state index is 0.290. The van der Waals surface area contributed by atoms with Crippen molar-refractivity contribution in [3.05, 3.63) is 35.8 Å². The summed E-state index contributed by atoms with van der Waals surface area (Å²) in [6.45, 7) is 6.77. The average Bonchev–Trinajstić information content (AvgIpc) is 3.03. The molecule has 1 aliphatic rings. The van der Waals surface area contributed by atoms with Crippen molar-refractivity contribution in [3.8, 4) is 0 Å². The van der Waals surface area contributed by atoms with E-state index < -0.39 is 5.97 Å². The standard InChI is InChI=1S/C16H21N3O2/c1-11(2)18-6-5-12(8-18)7-14-10-19-9-13(16(20)21)3-4-15(19)17-14/h3-4,9-12H,5-8H2,1-2H3,(H,20,21). The molecule has 1 N–H and O–H groups in total. The first-order chi connectivity index (χ1) is 10.0. The van der Waals surface area contributed by atoms with Gasteiger partial charge in [0.15, 0.2) is 0 Å². The monoisotopic (exact) mass is 287 g/mol. The summed E-state index contributed by atoms with van der Waals surface area (Å²) in [6.07, 6.45) is 5.77. The highest BCUT2D eigenvalue weighted by Crippen LogP contribution is 2.22. The van der Waals surface area contributed by atoms with Crippen LogP contribution in [-0.4, -0.2) is 44.5 Å². The van der Waals surface area contributed by atoms with Gasteiger partial charge in [-0.25, -0.2) is 9.78 Å². The summed E-state index contributed by atoms with van der Waals surface area (Å²) in [7, 11) is 0. The molecule has 0 radical (unpaired) electrons. The molecule has 2 aromatic rings. The first-order valence-electron chi connectivity index (χ1n) is 7.48. The van der Waals surface area contributed by atoms with E-state index in [-0.39, 0.29) is 0 Å². The van der Waals surface area contributed by atoms with Gasteiger partial charge in [0, 0.05) is 25.0 Å². The van der Waals surface area contributed by atoms with Gasteiger partial charge in [-0.2, -0.15) is 0 Å². The second-order valence-electron chi connectivity index (χ2n) is 6.17. The van der Waals surface area contributed by atoms with Gasteiger partial charge in [-0.05, 0) is 51.3 Å². The van der Waals surface area contributed by atoms with Crippen LogP contribution in [0.5, 0.6) is 0 Å². The van der Waals surface area contributed by atoms with Crippen LogP contribution in [0.4, 0.5) is 0 Å². The van der Waals surface area contributed by atoms with E-state index >= 15 is 0 Å². The Morgan fingerprint density at radius 1 is 1.43 bits per heavy atom. The molecule has 5 heteroatoms. The number of rotatable bonds is 4. The van der Waals surface area contributed by atoms with E-state index in [1.807, 2.05) is 10.6 Å². The molecule has 5 nitrogen and oxygen atoms in total. The van der Waals surface area contributed by atoms with Gasteiger partial charge in [-0.3, -0.25) is 0 Å². The number of hydrogen-bond acceptors (Lipinski definition) is 3. The molecule has 1 saturated heterocycles. The van der Waals surface area contributed by atoms with Crippen molar-refractivity contribution in [2.75, 3.05) is 13.1 Å². The fraction of sp³-hybridized carbons (Fsp3) is 0.500. The second kappa shape index (κ2) is 5.48. The number of pyridine rings is 1. The van der Waals surface area contributed by atoms with Gasteiger partial charge in [0.2, 0.25) is 0 Å². The Morgan fingerprint density at radius 3 is 2.90 bits per heavy atom. The van der Waals surface area contributed by atoms with E-state index in [9.17, 15) is 4.79 Å². The number of carboxylic acid groups (broad SMARTS) is 1. The van der Waals surface area contributed by atoms with Gasteiger partial charge in [0.25, 0.3) is 0 Å². The van der Waals surface area contributed by atoms with Gasteiger partial charge < -0.3 is 14.4 Å². The Labute approximate surface area is 124 Å². The Bertz CT molecular complexity index is 663. The Morgan fingerprint density at radius 2 is 2.24 bits per heavy atom. The smallest absolute Gasteiger partial charge is 0.337 e. The fourth-order valence-corrected chi connectivity index (χ4v) is 3.06. The minimum atomic E-state index is -0.907.